The van der Waals surface area contributed by atoms with Crippen LogP contribution in [0.3, 0.4) is 0 Å². The molecule has 0 aliphatic carbocycles. The van der Waals surface area contributed by atoms with Crippen molar-refractivity contribution >= 4 is 16.7 Å². The van der Waals surface area contributed by atoms with Gasteiger partial charge in [-0.05, 0) is 35.4 Å². The van der Waals surface area contributed by atoms with Crippen LogP contribution < -0.4 is 5.73 Å². The molecule has 4 nitrogen and oxygen atoms in total. The Morgan fingerprint density at radius 2 is 1.76 bits per heavy atom. The molecule has 1 heterocycles. The second-order valence-electron chi connectivity index (χ2n) is 4.63. The first-order valence-corrected chi connectivity index (χ1v) is 6.24. The summed E-state index contributed by atoms with van der Waals surface area (Å²) in [6, 6.07) is 11.4. The second kappa shape index (κ2) is 4.86. The quantitative estimate of drug-likeness (QED) is 0.758. The molecule has 0 aliphatic rings. The lowest BCUT2D eigenvalue weighted by atomic mass is 10.0. The molecule has 3 N–H and O–H groups in total. The number of primary amides is 1. The van der Waals surface area contributed by atoms with Crippen LogP contribution >= 0.6 is 0 Å². The van der Waals surface area contributed by atoms with Gasteiger partial charge >= 0.3 is 0 Å². The summed E-state index contributed by atoms with van der Waals surface area (Å²) in [5.74, 6) is -1.31. The van der Waals surface area contributed by atoms with Crippen molar-refractivity contribution in [1.82, 2.24) is 4.98 Å². The topological polar surface area (TPSA) is 76.2 Å². The van der Waals surface area contributed by atoms with Crippen molar-refractivity contribution in [2.24, 2.45) is 5.73 Å². The predicted molar refractivity (Wildman–Crippen MR) is 77.3 cm³/mol. The van der Waals surface area contributed by atoms with Gasteiger partial charge < -0.3 is 10.8 Å². The normalized spacial score (nSPS) is 10.7. The number of fused-ring (bicyclic) bond motifs is 1. The van der Waals surface area contributed by atoms with E-state index >= 15 is 0 Å². The Kier molecular flexibility index (Phi) is 3.02. The van der Waals surface area contributed by atoms with Gasteiger partial charge in [0, 0.05) is 17.0 Å². The molecule has 0 bridgehead atoms. The Balaban J connectivity index is 2.15. The van der Waals surface area contributed by atoms with Gasteiger partial charge in [-0.25, -0.2) is 9.37 Å². The van der Waals surface area contributed by atoms with Gasteiger partial charge in [-0.15, -0.1) is 0 Å². The van der Waals surface area contributed by atoms with Crippen LogP contribution in [0.2, 0.25) is 0 Å². The number of halogens is 1. The molecule has 5 heteroatoms. The zero-order valence-electron chi connectivity index (χ0n) is 10.9. The first kappa shape index (κ1) is 13.1. The third-order valence-electron chi connectivity index (χ3n) is 3.27. The van der Waals surface area contributed by atoms with Gasteiger partial charge in [0.15, 0.2) is 11.4 Å². The van der Waals surface area contributed by atoms with Crippen LogP contribution in [0.5, 0.6) is 5.75 Å². The van der Waals surface area contributed by atoms with Crippen molar-refractivity contribution < 1.29 is 14.3 Å². The zero-order chi connectivity index (χ0) is 15.0. The van der Waals surface area contributed by atoms with Crippen LogP contribution in [0.15, 0.2) is 48.7 Å². The molecule has 0 fully saturated rings. The SMILES string of the molecule is NC(=O)c1ncc2cc(-c3ccc(F)cc3)ccc2c1O. The van der Waals surface area contributed by atoms with Gasteiger partial charge in [0.05, 0.1) is 0 Å². The Bertz CT molecular complexity index is 845. The maximum atomic E-state index is 12.9. The van der Waals surface area contributed by atoms with E-state index in [4.69, 9.17) is 5.73 Å². The zero-order valence-corrected chi connectivity index (χ0v) is 10.9. The molecule has 0 radical (unpaired) electrons. The molecule has 0 unspecified atom stereocenters. The summed E-state index contributed by atoms with van der Waals surface area (Å²) in [4.78, 5) is 15.0. The number of nitrogens with zero attached hydrogens (tertiary/aromatic N) is 1. The average molecular weight is 282 g/mol. The molecule has 0 aliphatic heterocycles. The fraction of sp³-hybridized carbons (Fsp3) is 0. The molecule has 0 spiro atoms. The van der Waals surface area contributed by atoms with E-state index in [0.717, 1.165) is 11.1 Å². The highest BCUT2D eigenvalue weighted by Gasteiger charge is 2.13. The molecule has 3 rings (SSSR count). The fourth-order valence-electron chi connectivity index (χ4n) is 2.21. The molecule has 1 aromatic heterocycles. The molecule has 3 aromatic rings. The number of aromatic nitrogens is 1. The van der Waals surface area contributed by atoms with Gasteiger partial charge in [0.2, 0.25) is 0 Å². The predicted octanol–water partition coefficient (Wildman–Crippen LogP) is 2.85. The number of hydrogen-bond donors (Lipinski definition) is 2. The summed E-state index contributed by atoms with van der Waals surface area (Å²) in [6.07, 6.45) is 1.47. The number of nitrogens with two attached hydrogens (primary N) is 1. The number of amides is 1. The molecule has 21 heavy (non-hydrogen) atoms. The van der Waals surface area contributed by atoms with E-state index in [1.165, 1.54) is 18.3 Å². The monoisotopic (exact) mass is 282 g/mol. The van der Waals surface area contributed by atoms with Crippen molar-refractivity contribution in [2.45, 2.75) is 0 Å². The molecule has 0 atom stereocenters. The lowest BCUT2D eigenvalue weighted by Crippen LogP contribution is -2.13. The minimum absolute atomic E-state index is 0.156. The van der Waals surface area contributed by atoms with Crippen LogP contribution in [0.25, 0.3) is 21.9 Å². The smallest absolute Gasteiger partial charge is 0.271 e. The minimum Gasteiger partial charge on any atom is -0.505 e. The third-order valence-corrected chi connectivity index (χ3v) is 3.27. The Hall–Kier alpha value is -2.95. The second-order valence-corrected chi connectivity index (χ2v) is 4.63. The molecule has 0 saturated carbocycles. The van der Waals surface area contributed by atoms with Crippen molar-refractivity contribution in [3.8, 4) is 16.9 Å². The number of aromatic hydroxyl groups is 1. The van der Waals surface area contributed by atoms with Gasteiger partial charge in [-0.3, -0.25) is 4.79 Å². The Morgan fingerprint density at radius 1 is 1.10 bits per heavy atom. The first-order chi connectivity index (χ1) is 10.1. The summed E-state index contributed by atoms with van der Waals surface area (Å²) in [7, 11) is 0. The largest absolute Gasteiger partial charge is 0.505 e. The van der Waals surface area contributed by atoms with Crippen LogP contribution in [0, 0.1) is 5.82 Å². The minimum atomic E-state index is -0.781. The van der Waals surface area contributed by atoms with Gasteiger partial charge in [-0.1, -0.05) is 18.2 Å². The highest BCUT2D eigenvalue weighted by molar-refractivity contribution is 6.01. The number of carbonyl (C=O) groups excluding carboxylic acids is 1. The highest BCUT2D eigenvalue weighted by atomic mass is 19.1. The number of rotatable bonds is 2. The van der Waals surface area contributed by atoms with Gasteiger partial charge in [0.25, 0.3) is 5.91 Å². The Morgan fingerprint density at radius 3 is 2.43 bits per heavy atom. The van der Waals surface area contributed by atoms with E-state index in [-0.39, 0.29) is 17.3 Å². The van der Waals surface area contributed by atoms with Crippen molar-refractivity contribution in [3.05, 3.63) is 60.2 Å². The summed E-state index contributed by atoms with van der Waals surface area (Å²) in [5, 5.41) is 11.2. The molecule has 1 amide bonds. The van der Waals surface area contributed by atoms with Crippen LogP contribution in [0.4, 0.5) is 4.39 Å². The number of carbonyl (C=O) groups is 1. The molecule has 104 valence electrons. The molecule has 0 saturated heterocycles. The highest BCUT2D eigenvalue weighted by Crippen LogP contribution is 2.30. The summed E-state index contributed by atoms with van der Waals surface area (Å²) in [5.41, 5.74) is 6.69. The van der Waals surface area contributed by atoms with E-state index in [1.54, 1.807) is 30.3 Å². The maximum absolute atomic E-state index is 12.9. The lowest BCUT2D eigenvalue weighted by molar-refractivity contribution is 0.0993. The number of pyridine rings is 1. The van der Waals surface area contributed by atoms with E-state index in [2.05, 4.69) is 4.98 Å². The standard InChI is InChI=1S/C16H11FN2O2/c17-12-4-1-9(2-5-12)10-3-6-13-11(7-10)8-19-14(15(13)20)16(18)21/h1-8,20H,(H2,18,21). The first-order valence-electron chi connectivity index (χ1n) is 6.24. The van der Waals surface area contributed by atoms with Crippen molar-refractivity contribution in [1.29, 1.82) is 0 Å². The lowest BCUT2D eigenvalue weighted by Gasteiger charge is -2.07. The van der Waals surface area contributed by atoms with E-state index in [0.29, 0.717) is 10.8 Å². The van der Waals surface area contributed by atoms with E-state index in [9.17, 15) is 14.3 Å². The van der Waals surface area contributed by atoms with Crippen molar-refractivity contribution in [2.75, 3.05) is 0 Å². The van der Waals surface area contributed by atoms with Crippen LogP contribution in [-0.4, -0.2) is 16.0 Å². The van der Waals surface area contributed by atoms with Crippen LogP contribution in [0.1, 0.15) is 10.5 Å². The summed E-state index contributed by atoms with van der Waals surface area (Å²) < 4.78 is 12.9. The maximum Gasteiger partial charge on any atom is 0.271 e. The average Bonchev–Trinajstić information content (AvgIpc) is 2.47. The fourth-order valence-corrected chi connectivity index (χ4v) is 2.21. The third kappa shape index (κ3) is 2.29. The molecular formula is C16H11FN2O2. The van der Waals surface area contributed by atoms with Crippen molar-refractivity contribution in [3.63, 3.8) is 0 Å². The summed E-state index contributed by atoms with van der Waals surface area (Å²) in [6.45, 7) is 0. The number of hydrogen-bond acceptors (Lipinski definition) is 3. The van der Waals surface area contributed by atoms with E-state index in [1.807, 2.05) is 0 Å². The Labute approximate surface area is 119 Å². The summed E-state index contributed by atoms with van der Waals surface area (Å²) >= 11 is 0. The molecule has 2 aromatic carbocycles. The van der Waals surface area contributed by atoms with Gasteiger partial charge in [-0.2, -0.15) is 0 Å². The molecular weight excluding hydrogens is 271 g/mol. The van der Waals surface area contributed by atoms with Gasteiger partial charge in [0.1, 0.15) is 5.82 Å². The van der Waals surface area contributed by atoms with Crippen LogP contribution in [-0.2, 0) is 0 Å². The van der Waals surface area contributed by atoms with E-state index < -0.39 is 5.91 Å². The number of benzene rings is 2.